The Morgan fingerprint density at radius 2 is 1.54 bits per heavy atom. The maximum absolute atomic E-state index is 12.4. The van der Waals surface area contributed by atoms with Crippen LogP contribution in [-0.2, 0) is 25.6 Å². The third kappa shape index (κ3) is 6.06. The van der Waals surface area contributed by atoms with Crippen molar-refractivity contribution in [2.75, 3.05) is 18.8 Å². The van der Waals surface area contributed by atoms with Gasteiger partial charge in [0.25, 0.3) is 0 Å². The number of carbonyl (C=O) groups excluding carboxylic acids is 4. The largest absolute Gasteiger partial charge is 0.354 e. The van der Waals surface area contributed by atoms with E-state index in [2.05, 4.69) is 43.9 Å². The number of hydrogen-bond acceptors (Lipinski definition) is 6. The fraction of sp³-hybridized carbons (Fsp3) is 0.533. The lowest BCUT2D eigenvalue weighted by Gasteiger charge is -2.20. The molecule has 1 fully saturated rings. The Bertz CT molecular complexity index is 651. The van der Waals surface area contributed by atoms with Crippen LogP contribution < -0.4 is 21.3 Å². The number of aromatic nitrogens is 2. The molecule has 0 saturated carbocycles. The number of nitrogens with one attached hydrogen (secondary N) is 5. The van der Waals surface area contributed by atoms with E-state index in [0.29, 0.717) is 5.69 Å². The van der Waals surface area contributed by atoms with Crippen LogP contribution in [0.15, 0.2) is 12.5 Å². The third-order valence-electron chi connectivity index (χ3n) is 3.77. The topological polar surface area (TPSA) is 145 Å². The quantitative estimate of drug-likeness (QED) is 0.331. The lowest BCUT2D eigenvalue weighted by molar-refractivity contribution is -0.131. The molecular formula is C15H22N6O4S. The van der Waals surface area contributed by atoms with Gasteiger partial charge >= 0.3 is 0 Å². The molecule has 0 bridgehead atoms. The van der Waals surface area contributed by atoms with E-state index in [4.69, 9.17) is 0 Å². The standard InChI is InChI=1S/C15H22N6O4S/c22-12-1-4-18-15(25)11(7-26)21-13(23)2-3-17-14(24)10(20-12)5-9-6-16-8-19-9/h6,8,10-11,26H,1-5,7H2,(H,16,19)(H,17,24)(H,18,25)(H,20,22)(H,21,23)/t10-,11-/m0/s1. The van der Waals surface area contributed by atoms with Crippen molar-refractivity contribution in [3.8, 4) is 0 Å². The van der Waals surface area contributed by atoms with E-state index < -0.39 is 23.9 Å². The van der Waals surface area contributed by atoms with Crippen LogP contribution in [0.3, 0.4) is 0 Å². The zero-order chi connectivity index (χ0) is 18.9. The van der Waals surface area contributed by atoms with Crippen LogP contribution in [-0.4, -0.2) is 64.5 Å². The number of carbonyl (C=O) groups is 4. The summed E-state index contributed by atoms with van der Waals surface area (Å²) in [5, 5.41) is 10.4. The highest BCUT2D eigenvalue weighted by molar-refractivity contribution is 7.80. The van der Waals surface area contributed by atoms with Crippen molar-refractivity contribution >= 4 is 36.3 Å². The Labute approximate surface area is 155 Å². The average Bonchev–Trinajstić information content (AvgIpc) is 3.11. The number of rotatable bonds is 3. The van der Waals surface area contributed by atoms with E-state index in [-0.39, 0.29) is 49.9 Å². The average molecular weight is 382 g/mol. The van der Waals surface area contributed by atoms with Crippen molar-refractivity contribution in [3.63, 3.8) is 0 Å². The molecule has 1 saturated heterocycles. The maximum atomic E-state index is 12.4. The summed E-state index contributed by atoms with van der Waals surface area (Å²) in [5.41, 5.74) is 0.689. The summed E-state index contributed by atoms with van der Waals surface area (Å²) >= 11 is 4.05. The lowest BCUT2D eigenvalue weighted by Crippen LogP contribution is -2.52. The number of amides is 4. The smallest absolute Gasteiger partial charge is 0.243 e. The van der Waals surface area contributed by atoms with Crippen LogP contribution in [0.25, 0.3) is 0 Å². The van der Waals surface area contributed by atoms with Gasteiger partial charge in [0.1, 0.15) is 12.1 Å². The highest BCUT2D eigenvalue weighted by Gasteiger charge is 2.24. The van der Waals surface area contributed by atoms with Gasteiger partial charge in [-0.15, -0.1) is 0 Å². The normalized spacial score (nSPS) is 23.3. The molecule has 2 atom stereocenters. The van der Waals surface area contributed by atoms with Gasteiger partial charge in [0.05, 0.1) is 6.33 Å². The van der Waals surface area contributed by atoms with Crippen LogP contribution in [0.2, 0.25) is 0 Å². The molecule has 0 aliphatic carbocycles. The second-order valence-electron chi connectivity index (χ2n) is 5.79. The Balaban J connectivity index is 2.05. The van der Waals surface area contributed by atoms with Gasteiger partial charge in [0.2, 0.25) is 23.6 Å². The molecule has 0 spiro atoms. The molecule has 2 rings (SSSR count). The number of nitrogens with zero attached hydrogens (tertiary/aromatic N) is 1. The summed E-state index contributed by atoms with van der Waals surface area (Å²) in [6, 6.07) is -1.60. The van der Waals surface area contributed by atoms with Gasteiger partial charge in [-0.1, -0.05) is 0 Å². The molecule has 0 radical (unpaired) electrons. The molecule has 5 N–H and O–H groups in total. The van der Waals surface area contributed by atoms with Crippen molar-refractivity contribution in [1.29, 1.82) is 0 Å². The van der Waals surface area contributed by atoms with Gasteiger partial charge in [0.15, 0.2) is 0 Å². The second-order valence-corrected chi connectivity index (χ2v) is 6.15. The van der Waals surface area contributed by atoms with Crippen molar-refractivity contribution < 1.29 is 19.2 Å². The summed E-state index contributed by atoms with van der Waals surface area (Å²) in [6.07, 6.45) is 3.30. The molecule has 1 aliphatic rings. The number of thiol groups is 1. The Hall–Kier alpha value is -2.56. The predicted octanol–water partition coefficient (Wildman–Crippen LogP) is -2.12. The molecule has 1 aromatic rings. The first-order valence-corrected chi connectivity index (χ1v) is 8.85. The van der Waals surface area contributed by atoms with Crippen molar-refractivity contribution in [1.82, 2.24) is 31.2 Å². The highest BCUT2D eigenvalue weighted by Crippen LogP contribution is 2.00. The molecule has 0 unspecified atom stereocenters. The van der Waals surface area contributed by atoms with Crippen molar-refractivity contribution in [2.24, 2.45) is 0 Å². The van der Waals surface area contributed by atoms with Gasteiger partial charge in [-0.25, -0.2) is 4.98 Å². The van der Waals surface area contributed by atoms with E-state index in [1.54, 1.807) is 6.20 Å². The van der Waals surface area contributed by atoms with Crippen LogP contribution in [0, 0.1) is 0 Å². The molecule has 142 valence electrons. The monoisotopic (exact) mass is 382 g/mol. The minimum atomic E-state index is -0.810. The third-order valence-corrected chi connectivity index (χ3v) is 4.13. The molecular weight excluding hydrogens is 360 g/mol. The summed E-state index contributed by atoms with van der Waals surface area (Å²) in [6.45, 7) is 0.171. The SMILES string of the molecule is O=C1CCNC(=O)[C@H](Cc2cnc[nH]2)NC(=O)CCNC(=O)[C@H](CS)N1. The fourth-order valence-corrected chi connectivity index (χ4v) is 2.65. The molecule has 1 aromatic heterocycles. The van der Waals surface area contributed by atoms with Gasteiger partial charge in [-0.05, 0) is 0 Å². The minimum Gasteiger partial charge on any atom is -0.354 e. The van der Waals surface area contributed by atoms with E-state index >= 15 is 0 Å². The molecule has 11 heteroatoms. The van der Waals surface area contributed by atoms with Crippen molar-refractivity contribution in [2.45, 2.75) is 31.3 Å². The highest BCUT2D eigenvalue weighted by atomic mass is 32.1. The molecule has 4 amide bonds. The number of imidazole rings is 1. The Morgan fingerprint density at radius 3 is 2.08 bits per heavy atom. The molecule has 2 heterocycles. The van der Waals surface area contributed by atoms with Crippen LogP contribution in [0.5, 0.6) is 0 Å². The van der Waals surface area contributed by atoms with Gasteiger partial charge in [-0.2, -0.15) is 12.6 Å². The number of aromatic amines is 1. The zero-order valence-electron chi connectivity index (χ0n) is 14.1. The Kier molecular flexibility index (Phi) is 7.45. The molecule has 0 aromatic carbocycles. The number of H-pyrrole nitrogens is 1. The lowest BCUT2D eigenvalue weighted by atomic mass is 10.1. The minimum absolute atomic E-state index is 0.00569. The van der Waals surface area contributed by atoms with Crippen LogP contribution in [0.1, 0.15) is 18.5 Å². The molecule has 10 nitrogen and oxygen atoms in total. The predicted molar refractivity (Wildman–Crippen MR) is 95.3 cm³/mol. The van der Waals surface area contributed by atoms with Gasteiger partial charge in [-0.3, -0.25) is 19.2 Å². The first-order valence-electron chi connectivity index (χ1n) is 8.22. The number of hydrogen-bond donors (Lipinski definition) is 6. The van der Waals surface area contributed by atoms with E-state index in [1.807, 2.05) is 0 Å². The molecule has 1 aliphatic heterocycles. The van der Waals surface area contributed by atoms with Gasteiger partial charge < -0.3 is 26.3 Å². The Morgan fingerprint density at radius 1 is 0.962 bits per heavy atom. The fourth-order valence-electron chi connectivity index (χ4n) is 2.40. The van der Waals surface area contributed by atoms with Gasteiger partial charge in [0, 0.05) is 50.0 Å². The second kappa shape index (κ2) is 9.80. The van der Waals surface area contributed by atoms with E-state index in [0.717, 1.165) is 0 Å². The van der Waals surface area contributed by atoms with Crippen LogP contribution >= 0.6 is 12.6 Å². The zero-order valence-corrected chi connectivity index (χ0v) is 15.0. The summed E-state index contributed by atoms with van der Waals surface area (Å²) in [5.74, 6) is -1.41. The van der Waals surface area contributed by atoms with E-state index in [1.165, 1.54) is 6.33 Å². The first-order chi connectivity index (χ1) is 12.5. The summed E-state index contributed by atoms with van der Waals surface area (Å²) in [4.78, 5) is 55.1. The summed E-state index contributed by atoms with van der Waals surface area (Å²) < 4.78 is 0. The first kappa shape index (κ1) is 19.8. The van der Waals surface area contributed by atoms with Crippen LogP contribution in [0.4, 0.5) is 0 Å². The molecule has 26 heavy (non-hydrogen) atoms. The maximum Gasteiger partial charge on any atom is 0.243 e. The van der Waals surface area contributed by atoms with E-state index in [9.17, 15) is 19.2 Å². The van der Waals surface area contributed by atoms with Crippen molar-refractivity contribution in [3.05, 3.63) is 18.2 Å². The summed E-state index contributed by atoms with van der Waals surface area (Å²) in [7, 11) is 0.